The van der Waals surface area contributed by atoms with Crippen LogP contribution in [-0.2, 0) is 0 Å². The molecular weight excluding hydrogens is 324 g/mol. The fraction of sp³-hybridized carbons (Fsp3) is 0.217. The predicted molar refractivity (Wildman–Crippen MR) is 105 cm³/mol. The van der Waals surface area contributed by atoms with Gasteiger partial charge < -0.3 is 4.74 Å². The van der Waals surface area contributed by atoms with E-state index in [4.69, 9.17) is 4.74 Å². The lowest BCUT2D eigenvalue weighted by Gasteiger charge is -2.34. The summed E-state index contributed by atoms with van der Waals surface area (Å²) in [4.78, 5) is 1.24. The van der Waals surface area contributed by atoms with Crippen molar-refractivity contribution in [1.29, 1.82) is 0 Å². The zero-order chi connectivity index (χ0) is 17.2. The van der Waals surface area contributed by atoms with Gasteiger partial charge in [0, 0.05) is 0 Å². The molecule has 2 heteroatoms. The maximum atomic E-state index is 6.50. The lowest BCUT2D eigenvalue weighted by molar-refractivity contribution is 0.191. The quantitative estimate of drug-likeness (QED) is 0.517. The van der Waals surface area contributed by atoms with E-state index in [0.717, 1.165) is 5.75 Å². The third-order valence-electron chi connectivity index (χ3n) is 4.67. The van der Waals surface area contributed by atoms with E-state index < -0.39 is 0 Å². The Bertz CT molecular complexity index is 842. The molecule has 1 heterocycles. The van der Waals surface area contributed by atoms with Gasteiger partial charge in [-0.3, -0.25) is 0 Å². The largest absolute Gasteiger partial charge is 0.483 e. The molecule has 0 bridgehead atoms. The minimum atomic E-state index is 0.0194. The molecule has 0 radical (unpaired) electrons. The van der Waals surface area contributed by atoms with Crippen molar-refractivity contribution in [3.8, 4) is 5.75 Å². The molecule has 0 unspecified atom stereocenters. The van der Waals surface area contributed by atoms with E-state index in [1.165, 1.54) is 21.6 Å². The van der Waals surface area contributed by atoms with Crippen molar-refractivity contribution in [1.82, 2.24) is 0 Å². The van der Waals surface area contributed by atoms with E-state index >= 15 is 0 Å². The van der Waals surface area contributed by atoms with Crippen LogP contribution in [0.25, 0.3) is 0 Å². The van der Waals surface area contributed by atoms with Crippen molar-refractivity contribution in [2.24, 2.45) is 0 Å². The van der Waals surface area contributed by atoms with Crippen LogP contribution in [0.2, 0.25) is 0 Å². The first-order chi connectivity index (χ1) is 12.2. The van der Waals surface area contributed by atoms with Crippen molar-refractivity contribution in [2.45, 2.75) is 36.0 Å². The van der Waals surface area contributed by atoms with E-state index in [9.17, 15) is 0 Å². The van der Waals surface area contributed by atoms with E-state index in [-0.39, 0.29) is 11.4 Å². The molecular formula is C23H22OS. The molecule has 2 atom stereocenters. The van der Waals surface area contributed by atoms with Gasteiger partial charge in [0.15, 0.2) is 0 Å². The highest BCUT2D eigenvalue weighted by Gasteiger charge is 2.33. The molecule has 1 nitrogen and oxygen atoms in total. The summed E-state index contributed by atoms with van der Waals surface area (Å²) in [5, 5.41) is 0.249. The zero-order valence-corrected chi connectivity index (χ0v) is 15.4. The molecule has 4 rings (SSSR count). The van der Waals surface area contributed by atoms with Crippen LogP contribution in [0.1, 0.15) is 47.8 Å². The molecule has 0 N–H and O–H groups in total. The standard InChI is InChI=1S/C23H22OS/c1-16(2)19-13-14-20-21(15-19)25-23(18-11-7-4-8-12-18)22(24-20)17-9-5-3-6-10-17/h3-16,22-23H,1-2H3/t22-,23-/m1/s1. The minimum absolute atomic E-state index is 0.0194. The van der Waals surface area contributed by atoms with Gasteiger partial charge in [0.05, 0.1) is 10.1 Å². The number of ether oxygens (including phenoxy) is 1. The molecule has 25 heavy (non-hydrogen) atoms. The van der Waals surface area contributed by atoms with Crippen molar-refractivity contribution in [3.63, 3.8) is 0 Å². The molecule has 3 aromatic carbocycles. The minimum Gasteiger partial charge on any atom is -0.483 e. The summed E-state index contributed by atoms with van der Waals surface area (Å²) in [6.45, 7) is 4.47. The molecule has 0 aliphatic carbocycles. The average Bonchev–Trinajstić information content (AvgIpc) is 2.68. The third-order valence-corrected chi connectivity index (χ3v) is 6.02. The number of thioether (sulfide) groups is 1. The van der Waals surface area contributed by atoms with E-state index in [0.29, 0.717) is 5.92 Å². The van der Waals surface area contributed by atoms with Crippen LogP contribution in [0.15, 0.2) is 83.8 Å². The van der Waals surface area contributed by atoms with Crippen LogP contribution in [0.3, 0.4) is 0 Å². The normalized spacial score (nSPS) is 19.3. The molecule has 0 amide bonds. The number of hydrogen-bond donors (Lipinski definition) is 0. The van der Waals surface area contributed by atoms with Crippen LogP contribution in [-0.4, -0.2) is 0 Å². The molecule has 0 spiro atoms. The highest BCUT2D eigenvalue weighted by Crippen LogP contribution is 2.53. The number of benzene rings is 3. The summed E-state index contributed by atoms with van der Waals surface area (Å²) in [7, 11) is 0. The van der Waals surface area contributed by atoms with Gasteiger partial charge in [-0.1, -0.05) is 80.6 Å². The fourth-order valence-corrected chi connectivity index (χ4v) is 4.58. The Hall–Kier alpha value is -2.19. The van der Waals surface area contributed by atoms with E-state index in [1.807, 2.05) is 11.8 Å². The van der Waals surface area contributed by atoms with Gasteiger partial charge in [0.1, 0.15) is 11.9 Å². The number of hydrogen-bond acceptors (Lipinski definition) is 2. The van der Waals surface area contributed by atoms with Gasteiger partial charge in [-0.2, -0.15) is 0 Å². The Balaban J connectivity index is 1.78. The van der Waals surface area contributed by atoms with Crippen LogP contribution in [0.4, 0.5) is 0 Å². The first-order valence-electron chi connectivity index (χ1n) is 8.79. The lowest BCUT2D eigenvalue weighted by Crippen LogP contribution is -2.19. The SMILES string of the molecule is CC(C)c1ccc2c(c1)S[C@H](c1ccccc1)[C@@H](c1ccccc1)O2. The first kappa shape index (κ1) is 16.3. The summed E-state index contributed by atoms with van der Waals surface area (Å²) in [5.41, 5.74) is 3.89. The number of rotatable bonds is 3. The second-order valence-corrected chi connectivity index (χ2v) is 7.94. The Morgan fingerprint density at radius 1 is 0.800 bits per heavy atom. The molecule has 0 aromatic heterocycles. The van der Waals surface area contributed by atoms with Gasteiger partial charge in [0.25, 0.3) is 0 Å². The molecule has 1 aliphatic rings. The van der Waals surface area contributed by atoms with Crippen LogP contribution < -0.4 is 4.74 Å². The van der Waals surface area contributed by atoms with Gasteiger partial charge >= 0.3 is 0 Å². The topological polar surface area (TPSA) is 9.23 Å². The Labute approximate surface area is 154 Å². The highest BCUT2D eigenvalue weighted by atomic mass is 32.2. The summed E-state index contributed by atoms with van der Waals surface area (Å²) >= 11 is 1.92. The average molecular weight is 346 g/mol. The Kier molecular flexibility index (Phi) is 4.54. The van der Waals surface area contributed by atoms with Crippen molar-refractivity contribution >= 4 is 11.8 Å². The fourth-order valence-electron chi connectivity index (χ4n) is 3.24. The zero-order valence-electron chi connectivity index (χ0n) is 14.6. The van der Waals surface area contributed by atoms with Crippen molar-refractivity contribution in [3.05, 3.63) is 95.6 Å². The lowest BCUT2D eigenvalue weighted by atomic mass is 10.00. The molecule has 0 saturated carbocycles. The maximum absolute atomic E-state index is 6.50. The van der Waals surface area contributed by atoms with Gasteiger partial charge in [0.2, 0.25) is 0 Å². The van der Waals surface area contributed by atoms with E-state index in [1.54, 1.807) is 0 Å². The van der Waals surface area contributed by atoms with Crippen LogP contribution in [0, 0.1) is 0 Å². The van der Waals surface area contributed by atoms with Gasteiger partial charge in [-0.25, -0.2) is 0 Å². The van der Waals surface area contributed by atoms with Crippen molar-refractivity contribution in [2.75, 3.05) is 0 Å². The summed E-state index contributed by atoms with van der Waals surface area (Å²) in [6.07, 6.45) is 0.0194. The Morgan fingerprint density at radius 3 is 2.08 bits per heavy atom. The third kappa shape index (κ3) is 3.32. The predicted octanol–water partition coefficient (Wildman–Crippen LogP) is 6.78. The van der Waals surface area contributed by atoms with Crippen LogP contribution >= 0.6 is 11.8 Å². The summed E-state index contributed by atoms with van der Waals surface area (Å²) in [6, 6.07) is 27.9. The van der Waals surface area contributed by atoms with Crippen molar-refractivity contribution < 1.29 is 4.74 Å². The molecule has 0 fully saturated rings. The highest BCUT2D eigenvalue weighted by molar-refractivity contribution is 7.99. The Morgan fingerprint density at radius 2 is 1.44 bits per heavy atom. The van der Waals surface area contributed by atoms with E-state index in [2.05, 4.69) is 92.7 Å². The maximum Gasteiger partial charge on any atom is 0.140 e. The smallest absolute Gasteiger partial charge is 0.140 e. The first-order valence-corrected chi connectivity index (χ1v) is 9.67. The second kappa shape index (κ2) is 6.97. The number of fused-ring (bicyclic) bond motifs is 1. The molecule has 1 aliphatic heterocycles. The van der Waals surface area contributed by atoms with Crippen LogP contribution in [0.5, 0.6) is 5.75 Å². The summed E-state index contributed by atoms with van der Waals surface area (Å²) < 4.78 is 6.50. The van der Waals surface area contributed by atoms with Gasteiger partial charge in [-0.05, 0) is 34.7 Å². The second-order valence-electron chi connectivity index (χ2n) is 6.76. The summed E-state index contributed by atoms with van der Waals surface area (Å²) in [5.74, 6) is 1.52. The molecule has 3 aromatic rings. The monoisotopic (exact) mass is 346 g/mol. The molecule has 126 valence electrons. The molecule has 0 saturated heterocycles. The van der Waals surface area contributed by atoms with Gasteiger partial charge in [-0.15, -0.1) is 11.8 Å².